The maximum absolute atomic E-state index is 13.0. The summed E-state index contributed by atoms with van der Waals surface area (Å²) in [4.78, 5) is 25.6. The largest absolute Gasteiger partial charge is 0.454 e. The summed E-state index contributed by atoms with van der Waals surface area (Å²) >= 11 is 4.77. The first-order valence-corrected chi connectivity index (χ1v) is 13.4. The van der Waals surface area contributed by atoms with Gasteiger partial charge in [0.05, 0.1) is 11.8 Å². The molecule has 2 heterocycles. The Labute approximate surface area is 222 Å². The first kappa shape index (κ1) is 26.0. The first-order valence-electron chi connectivity index (χ1n) is 11.6. The Hall–Kier alpha value is -3.05. The van der Waals surface area contributed by atoms with E-state index in [-0.39, 0.29) is 36.3 Å². The quantitative estimate of drug-likeness (QED) is 0.348. The van der Waals surface area contributed by atoms with E-state index in [1.54, 1.807) is 18.2 Å². The van der Waals surface area contributed by atoms with E-state index in [2.05, 4.69) is 36.8 Å². The van der Waals surface area contributed by atoms with Crippen molar-refractivity contribution in [3.8, 4) is 11.5 Å². The van der Waals surface area contributed by atoms with Crippen molar-refractivity contribution in [3.63, 3.8) is 0 Å². The zero-order valence-corrected chi connectivity index (χ0v) is 22.9. The van der Waals surface area contributed by atoms with E-state index in [4.69, 9.17) is 9.47 Å². The Kier molecular flexibility index (Phi) is 8.20. The van der Waals surface area contributed by atoms with Crippen LogP contribution in [0.4, 0.5) is 5.69 Å². The van der Waals surface area contributed by atoms with Crippen molar-refractivity contribution in [1.29, 1.82) is 0 Å². The number of hydrogen-bond donors (Lipinski definition) is 2. The predicted octanol–water partition coefficient (Wildman–Crippen LogP) is 4.96. The Morgan fingerprint density at radius 1 is 1.14 bits per heavy atom. The lowest BCUT2D eigenvalue weighted by Gasteiger charge is -2.22. The third-order valence-corrected chi connectivity index (χ3v) is 7.56. The number of benzene rings is 2. The third kappa shape index (κ3) is 5.84. The van der Waals surface area contributed by atoms with Crippen LogP contribution in [-0.2, 0) is 11.3 Å². The molecule has 11 heteroatoms. The molecule has 1 atom stereocenters. The molecule has 4 rings (SSSR count). The smallest absolute Gasteiger partial charge is 0.252 e. The van der Waals surface area contributed by atoms with Gasteiger partial charge in [0.1, 0.15) is 0 Å². The summed E-state index contributed by atoms with van der Waals surface area (Å²) in [7, 11) is 0. The lowest BCUT2D eigenvalue weighted by atomic mass is 10.0. The van der Waals surface area contributed by atoms with Crippen LogP contribution in [0.2, 0.25) is 0 Å². The molecule has 2 N–H and O–H groups in total. The molecule has 0 saturated carbocycles. The molecule has 2 aromatic carbocycles. The van der Waals surface area contributed by atoms with Gasteiger partial charge in [-0.2, -0.15) is 0 Å². The number of nitrogens with zero attached hydrogens (tertiary/aromatic N) is 3. The summed E-state index contributed by atoms with van der Waals surface area (Å²) in [5.74, 6) is 1.69. The van der Waals surface area contributed by atoms with Crippen molar-refractivity contribution >= 4 is 45.2 Å². The lowest BCUT2D eigenvalue weighted by Crippen LogP contribution is -2.33. The molecule has 1 unspecified atom stereocenters. The zero-order chi connectivity index (χ0) is 25.8. The number of aryl methyl sites for hydroxylation is 1. The minimum absolute atomic E-state index is 0.0549. The highest BCUT2D eigenvalue weighted by atomic mass is 79.9. The normalized spacial score (nSPS) is 13.1. The van der Waals surface area contributed by atoms with Gasteiger partial charge in [0.25, 0.3) is 5.91 Å². The molecule has 0 spiro atoms. The van der Waals surface area contributed by atoms with Gasteiger partial charge in [0.2, 0.25) is 12.7 Å². The number of aromatic nitrogens is 3. The monoisotopic (exact) mass is 573 g/mol. The van der Waals surface area contributed by atoms with Crippen molar-refractivity contribution in [1.82, 2.24) is 20.1 Å². The maximum Gasteiger partial charge on any atom is 0.252 e. The summed E-state index contributed by atoms with van der Waals surface area (Å²) in [6.07, 6.45) is 0. The average Bonchev–Trinajstić information content (AvgIpc) is 3.49. The average molecular weight is 575 g/mol. The van der Waals surface area contributed by atoms with Crippen LogP contribution in [0.3, 0.4) is 0 Å². The van der Waals surface area contributed by atoms with E-state index in [0.717, 1.165) is 15.7 Å². The number of hydrogen-bond acceptors (Lipinski definition) is 7. The number of nitrogens with one attached hydrogen (secondary N) is 2. The number of thioether (sulfide) groups is 1. The van der Waals surface area contributed by atoms with Crippen LogP contribution < -0.4 is 20.1 Å². The summed E-state index contributed by atoms with van der Waals surface area (Å²) in [6.45, 7) is 8.73. The number of halogens is 1. The number of carbonyl (C=O) groups excluding carboxylic acids is 2. The van der Waals surface area contributed by atoms with Crippen LogP contribution in [0.1, 0.15) is 48.6 Å². The van der Waals surface area contributed by atoms with Gasteiger partial charge < -0.3 is 24.7 Å². The van der Waals surface area contributed by atoms with Crippen molar-refractivity contribution < 1.29 is 19.1 Å². The van der Waals surface area contributed by atoms with Gasteiger partial charge in [-0.25, -0.2) is 0 Å². The highest BCUT2D eigenvalue weighted by Crippen LogP contribution is 2.33. The SMILES string of the molecule is CCn1c(SCC(=O)Nc2ccc(Br)c(C)c2)nnc1C(NC(=O)c1ccc2c(c1)OCO2)C(C)C. The molecular formula is C25H28BrN5O4S. The Morgan fingerprint density at radius 3 is 2.64 bits per heavy atom. The number of rotatable bonds is 9. The molecule has 1 aliphatic rings. The number of anilines is 1. The predicted molar refractivity (Wildman–Crippen MR) is 142 cm³/mol. The van der Waals surface area contributed by atoms with Crippen LogP contribution in [0.5, 0.6) is 11.5 Å². The van der Waals surface area contributed by atoms with Crippen molar-refractivity contribution in [3.05, 3.63) is 57.8 Å². The lowest BCUT2D eigenvalue weighted by molar-refractivity contribution is -0.113. The third-order valence-electron chi connectivity index (χ3n) is 5.70. The van der Waals surface area contributed by atoms with E-state index >= 15 is 0 Å². The molecule has 3 aromatic rings. The molecule has 2 amide bonds. The van der Waals surface area contributed by atoms with Gasteiger partial charge >= 0.3 is 0 Å². The topological polar surface area (TPSA) is 107 Å². The van der Waals surface area contributed by atoms with Gasteiger partial charge in [0, 0.05) is 22.3 Å². The van der Waals surface area contributed by atoms with Gasteiger partial charge in [-0.1, -0.05) is 41.5 Å². The molecule has 1 aliphatic heterocycles. The highest BCUT2D eigenvalue weighted by molar-refractivity contribution is 9.10. The van der Waals surface area contributed by atoms with Crippen LogP contribution in [0, 0.1) is 12.8 Å². The van der Waals surface area contributed by atoms with Crippen molar-refractivity contribution in [2.24, 2.45) is 5.92 Å². The Balaban J connectivity index is 1.44. The van der Waals surface area contributed by atoms with E-state index in [1.165, 1.54) is 11.8 Å². The number of fused-ring (bicyclic) bond motifs is 1. The molecular weight excluding hydrogens is 546 g/mol. The number of ether oxygens (including phenoxy) is 2. The molecule has 190 valence electrons. The molecule has 9 nitrogen and oxygen atoms in total. The summed E-state index contributed by atoms with van der Waals surface area (Å²) in [5, 5.41) is 15.3. The number of carbonyl (C=O) groups is 2. The molecule has 0 aliphatic carbocycles. The Bertz CT molecular complexity index is 1280. The second-order valence-electron chi connectivity index (χ2n) is 8.65. The first-order chi connectivity index (χ1) is 17.3. The van der Waals surface area contributed by atoms with Gasteiger partial charge in [-0.05, 0) is 61.7 Å². The molecule has 1 aromatic heterocycles. The zero-order valence-electron chi connectivity index (χ0n) is 20.5. The molecule has 0 fully saturated rings. The van der Waals surface area contributed by atoms with E-state index < -0.39 is 0 Å². The molecule has 0 bridgehead atoms. The van der Waals surface area contributed by atoms with Gasteiger partial charge in [-0.3, -0.25) is 9.59 Å². The van der Waals surface area contributed by atoms with E-state index in [0.29, 0.717) is 34.6 Å². The summed E-state index contributed by atoms with van der Waals surface area (Å²) in [6, 6.07) is 10.4. The fourth-order valence-electron chi connectivity index (χ4n) is 3.78. The molecule has 0 saturated heterocycles. The van der Waals surface area contributed by atoms with Crippen molar-refractivity contribution in [2.45, 2.75) is 45.4 Å². The summed E-state index contributed by atoms with van der Waals surface area (Å²) in [5.41, 5.74) is 2.25. The van der Waals surface area contributed by atoms with Crippen molar-refractivity contribution in [2.75, 3.05) is 17.9 Å². The fraction of sp³-hybridized carbons (Fsp3) is 0.360. The minimum Gasteiger partial charge on any atom is -0.454 e. The second kappa shape index (κ2) is 11.3. The van der Waals surface area contributed by atoms with Crippen LogP contribution in [0.15, 0.2) is 46.0 Å². The van der Waals surface area contributed by atoms with Crippen LogP contribution in [-0.4, -0.2) is 39.1 Å². The van der Waals surface area contributed by atoms with Crippen LogP contribution >= 0.6 is 27.7 Å². The van der Waals surface area contributed by atoms with Gasteiger partial charge in [0.15, 0.2) is 22.5 Å². The standard InChI is InChI=1S/C25H28BrN5O4S/c1-5-31-23(22(14(2)3)28-24(33)16-6-9-19-20(11-16)35-13-34-19)29-30-25(31)36-12-21(32)27-17-7-8-18(26)15(4)10-17/h6-11,14,22H,5,12-13H2,1-4H3,(H,27,32)(H,28,33). The Morgan fingerprint density at radius 2 is 1.92 bits per heavy atom. The van der Waals surface area contributed by atoms with Gasteiger partial charge in [-0.15, -0.1) is 10.2 Å². The van der Waals surface area contributed by atoms with E-state index in [1.807, 2.05) is 50.5 Å². The summed E-state index contributed by atoms with van der Waals surface area (Å²) < 4.78 is 13.7. The van der Waals surface area contributed by atoms with Crippen LogP contribution in [0.25, 0.3) is 0 Å². The molecule has 0 radical (unpaired) electrons. The molecule has 36 heavy (non-hydrogen) atoms. The second-order valence-corrected chi connectivity index (χ2v) is 10.4. The van der Waals surface area contributed by atoms with E-state index in [9.17, 15) is 9.59 Å². The fourth-order valence-corrected chi connectivity index (χ4v) is 4.83. The highest BCUT2D eigenvalue weighted by Gasteiger charge is 2.27. The minimum atomic E-state index is -0.371. The maximum atomic E-state index is 13.0. The number of amides is 2.